The number of alkyl halides is 1. The molecule has 1 atom stereocenters. The molecule has 1 saturated heterocycles. The van der Waals surface area contributed by atoms with E-state index in [1.165, 1.54) is 0 Å². The Morgan fingerprint density at radius 1 is 1.33 bits per heavy atom. The van der Waals surface area contributed by atoms with E-state index in [1.54, 1.807) is 24.2 Å². The Morgan fingerprint density at radius 2 is 1.89 bits per heavy atom. The average Bonchev–Trinajstić information content (AvgIpc) is 2.39. The molecule has 0 bridgehead atoms. The van der Waals surface area contributed by atoms with Crippen molar-refractivity contribution in [2.75, 3.05) is 31.1 Å². The standard InChI is InChI=1S/C11H14BrClN4O/c1-8(13)10(18)16-2-4-17(5-3-16)11-14-6-9(12)7-15-11/h6-8H,2-5H2,1H3. The van der Waals surface area contributed by atoms with Crippen molar-refractivity contribution in [2.24, 2.45) is 0 Å². The summed E-state index contributed by atoms with van der Waals surface area (Å²) in [7, 11) is 0. The lowest BCUT2D eigenvalue weighted by atomic mass is 10.3. The van der Waals surface area contributed by atoms with E-state index in [-0.39, 0.29) is 5.91 Å². The molecule has 0 radical (unpaired) electrons. The van der Waals surface area contributed by atoms with Crippen LogP contribution in [0.1, 0.15) is 6.92 Å². The number of piperazine rings is 1. The molecule has 1 aromatic rings. The summed E-state index contributed by atoms with van der Waals surface area (Å²) in [6.07, 6.45) is 3.45. The number of carbonyl (C=O) groups is 1. The van der Waals surface area contributed by atoms with Crippen LogP contribution in [0.3, 0.4) is 0 Å². The van der Waals surface area contributed by atoms with Gasteiger partial charge >= 0.3 is 0 Å². The SMILES string of the molecule is CC(Cl)C(=O)N1CCN(c2ncc(Br)cn2)CC1. The van der Waals surface area contributed by atoms with Crippen molar-refractivity contribution >= 4 is 39.4 Å². The van der Waals surface area contributed by atoms with E-state index in [1.807, 2.05) is 0 Å². The van der Waals surface area contributed by atoms with Gasteiger partial charge in [0.1, 0.15) is 5.38 Å². The maximum Gasteiger partial charge on any atom is 0.240 e. The third-order valence-electron chi connectivity index (χ3n) is 2.82. The fourth-order valence-corrected chi connectivity index (χ4v) is 2.19. The van der Waals surface area contributed by atoms with E-state index in [9.17, 15) is 4.79 Å². The van der Waals surface area contributed by atoms with Gasteiger partial charge in [0.25, 0.3) is 0 Å². The van der Waals surface area contributed by atoms with E-state index in [0.29, 0.717) is 19.0 Å². The summed E-state index contributed by atoms with van der Waals surface area (Å²) in [6.45, 7) is 4.49. The van der Waals surface area contributed by atoms with Crippen LogP contribution in [0, 0.1) is 0 Å². The second-order valence-electron chi connectivity index (χ2n) is 4.13. The van der Waals surface area contributed by atoms with Crippen LogP contribution in [0.2, 0.25) is 0 Å². The zero-order valence-electron chi connectivity index (χ0n) is 10.0. The van der Waals surface area contributed by atoms with Crippen LogP contribution in [0.15, 0.2) is 16.9 Å². The van der Waals surface area contributed by atoms with E-state index < -0.39 is 5.38 Å². The number of hydrogen-bond acceptors (Lipinski definition) is 4. The molecule has 2 rings (SSSR count). The highest BCUT2D eigenvalue weighted by molar-refractivity contribution is 9.10. The number of nitrogens with zero attached hydrogens (tertiary/aromatic N) is 4. The third-order valence-corrected chi connectivity index (χ3v) is 3.42. The number of rotatable bonds is 2. The first kappa shape index (κ1) is 13.5. The predicted molar refractivity (Wildman–Crippen MR) is 73.8 cm³/mol. The van der Waals surface area contributed by atoms with Crippen LogP contribution >= 0.6 is 27.5 Å². The van der Waals surface area contributed by atoms with E-state index >= 15 is 0 Å². The highest BCUT2D eigenvalue weighted by atomic mass is 79.9. The number of aromatic nitrogens is 2. The van der Waals surface area contributed by atoms with Gasteiger partial charge in [-0.3, -0.25) is 4.79 Å². The molecule has 5 nitrogen and oxygen atoms in total. The Morgan fingerprint density at radius 3 is 2.39 bits per heavy atom. The van der Waals surface area contributed by atoms with Crippen LogP contribution < -0.4 is 4.90 Å². The zero-order valence-corrected chi connectivity index (χ0v) is 12.4. The molecule has 0 N–H and O–H groups in total. The first-order valence-electron chi connectivity index (χ1n) is 5.73. The normalized spacial score (nSPS) is 17.7. The second-order valence-corrected chi connectivity index (χ2v) is 5.70. The van der Waals surface area contributed by atoms with Gasteiger partial charge in [-0.05, 0) is 22.9 Å². The molecule has 1 amide bonds. The van der Waals surface area contributed by atoms with Crippen LogP contribution in [-0.4, -0.2) is 52.3 Å². The van der Waals surface area contributed by atoms with Crippen molar-refractivity contribution in [2.45, 2.75) is 12.3 Å². The fraction of sp³-hybridized carbons (Fsp3) is 0.545. The van der Waals surface area contributed by atoms with Gasteiger partial charge in [0.05, 0.1) is 4.47 Å². The molecular formula is C11H14BrClN4O. The number of halogens is 2. The Bertz CT molecular complexity index is 418. The molecule has 0 saturated carbocycles. The molecule has 0 aromatic carbocycles. The summed E-state index contributed by atoms with van der Waals surface area (Å²) >= 11 is 9.10. The molecule has 0 aliphatic carbocycles. The van der Waals surface area contributed by atoms with Gasteiger partial charge in [-0.2, -0.15) is 0 Å². The minimum Gasteiger partial charge on any atom is -0.338 e. The smallest absolute Gasteiger partial charge is 0.240 e. The van der Waals surface area contributed by atoms with Crippen molar-refractivity contribution < 1.29 is 4.79 Å². The summed E-state index contributed by atoms with van der Waals surface area (Å²) in [4.78, 5) is 24.1. The molecule has 0 spiro atoms. The molecule has 1 fully saturated rings. The molecule has 18 heavy (non-hydrogen) atoms. The van der Waals surface area contributed by atoms with Crippen molar-refractivity contribution in [1.82, 2.24) is 14.9 Å². The van der Waals surface area contributed by atoms with Gasteiger partial charge in [0, 0.05) is 38.6 Å². The summed E-state index contributed by atoms with van der Waals surface area (Å²) in [6, 6.07) is 0. The van der Waals surface area contributed by atoms with Crippen LogP contribution in [-0.2, 0) is 4.79 Å². The highest BCUT2D eigenvalue weighted by Crippen LogP contribution is 2.14. The van der Waals surface area contributed by atoms with Crippen LogP contribution in [0.5, 0.6) is 0 Å². The first-order valence-corrected chi connectivity index (χ1v) is 6.96. The van der Waals surface area contributed by atoms with Gasteiger partial charge in [-0.1, -0.05) is 0 Å². The summed E-state index contributed by atoms with van der Waals surface area (Å²) in [5.74, 6) is 0.692. The molecular weight excluding hydrogens is 320 g/mol. The second kappa shape index (κ2) is 5.84. The highest BCUT2D eigenvalue weighted by Gasteiger charge is 2.24. The predicted octanol–water partition coefficient (Wildman–Crippen LogP) is 1.52. The molecule has 2 heterocycles. The van der Waals surface area contributed by atoms with Gasteiger partial charge < -0.3 is 9.80 Å². The van der Waals surface area contributed by atoms with Crippen molar-refractivity contribution in [3.05, 3.63) is 16.9 Å². The molecule has 1 aliphatic rings. The van der Waals surface area contributed by atoms with E-state index in [0.717, 1.165) is 17.6 Å². The minimum atomic E-state index is -0.458. The minimum absolute atomic E-state index is 0.00644. The van der Waals surface area contributed by atoms with Gasteiger partial charge in [0.2, 0.25) is 11.9 Å². The average molecular weight is 334 g/mol. The number of amides is 1. The summed E-state index contributed by atoms with van der Waals surface area (Å²) in [5.41, 5.74) is 0. The maximum atomic E-state index is 11.7. The van der Waals surface area contributed by atoms with E-state index in [2.05, 4.69) is 30.8 Å². The summed E-state index contributed by atoms with van der Waals surface area (Å²) in [5, 5.41) is -0.458. The Kier molecular flexibility index (Phi) is 4.40. The maximum absolute atomic E-state index is 11.7. The lowest BCUT2D eigenvalue weighted by Crippen LogP contribution is -2.50. The Hall–Kier alpha value is -0.880. The van der Waals surface area contributed by atoms with Crippen LogP contribution in [0.4, 0.5) is 5.95 Å². The fourth-order valence-electron chi connectivity index (χ4n) is 1.85. The zero-order chi connectivity index (χ0) is 13.1. The largest absolute Gasteiger partial charge is 0.338 e. The Labute approximate surface area is 119 Å². The summed E-state index contributed by atoms with van der Waals surface area (Å²) < 4.78 is 0.857. The quantitative estimate of drug-likeness (QED) is 0.770. The van der Waals surface area contributed by atoms with Crippen LogP contribution in [0.25, 0.3) is 0 Å². The number of hydrogen-bond donors (Lipinski definition) is 0. The monoisotopic (exact) mass is 332 g/mol. The van der Waals surface area contributed by atoms with Gasteiger partial charge in [-0.15, -0.1) is 11.6 Å². The lowest BCUT2D eigenvalue weighted by molar-refractivity contribution is -0.130. The number of anilines is 1. The number of carbonyl (C=O) groups excluding carboxylic acids is 1. The molecule has 1 aromatic heterocycles. The van der Waals surface area contributed by atoms with Crippen molar-refractivity contribution in [3.63, 3.8) is 0 Å². The van der Waals surface area contributed by atoms with E-state index in [4.69, 9.17) is 11.6 Å². The van der Waals surface area contributed by atoms with Gasteiger partial charge in [0.15, 0.2) is 0 Å². The lowest BCUT2D eigenvalue weighted by Gasteiger charge is -2.35. The first-order chi connectivity index (χ1) is 8.58. The molecule has 98 valence electrons. The molecule has 1 unspecified atom stereocenters. The van der Waals surface area contributed by atoms with Crippen molar-refractivity contribution in [3.8, 4) is 0 Å². The molecule has 1 aliphatic heterocycles. The third kappa shape index (κ3) is 3.11. The van der Waals surface area contributed by atoms with Gasteiger partial charge in [-0.25, -0.2) is 9.97 Å². The van der Waals surface area contributed by atoms with Crippen molar-refractivity contribution in [1.29, 1.82) is 0 Å². The molecule has 7 heteroatoms. The Balaban J connectivity index is 1.94. The topological polar surface area (TPSA) is 49.3 Å².